The van der Waals surface area contributed by atoms with Gasteiger partial charge >= 0.3 is 5.97 Å². The smallest absolute Gasteiger partial charge is 0.303 e. The largest absolute Gasteiger partial charge is 0.481 e. The summed E-state index contributed by atoms with van der Waals surface area (Å²) >= 11 is 0. The lowest BCUT2D eigenvalue weighted by molar-refractivity contribution is -0.139. The summed E-state index contributed by atoms with van der Waals surface area (Å²) in [5.74, 6) is 0.190. The van der Waals surface area contributed by atoms with Crippen LogP contribution in [0.1, 0.15) is 37.7 Å². The van der Waals surface area contributed by atoms with E-state index in [-0.39, 0.29) is 6.42 Å². The Morgan fingerprint density at radius 3 is 2.85 bits per heavy atom. The highest BCUT2D eigenvalue weighted by Crippen LogP contribution is 2.25. The first kappa shape index (κ1) is 14.2. The van der Waals surface area contributed by atoms with Gasteiger partial charge in [-0.05, 0) is 17.5 Å². The van der Waals surface area contributed by atoms with Crippen LogP contribution in [0, 0.1) is 5.41 Å². The van der Waals surface area contributed by atoms with Gasteiger partial charge in [0, 0.05) is 18.3 Å². The fourth-order valence-electron chi connectivity index (χ4n) is 1.98. The quantitative estimate of drug-likeness (QED) is 0.868. The molecule has 0 saturated heterocycles. The fourth-order valence-corrected chi connectivity index (χ4v) is 1.98. The van der Waals surface area contributed by atoms with E-state index in [0.29, 0.717) is 24.6 Å². The maximum absolute atomic E-state index is 10.8. The number of carboxylic acid groups (broad SMARTS) is 1. The number of rotatable bonds is 6. The minimum Gasteiger partial charge on any atom is -0.481 e. The van der Waals surface area contributed by atoms with Gasteiger partial charge in [0.1, 0.15) is 0 Å². The van der Waals surface area contributed by atoms with Gasteiger partial charge in [0.15, 0.2) is 5.82 Å². The highest BCUT2D eigenvalue weighted by Gasteiger charge is 2.25. The van der Waals surface area contributed by atoms with Crippen molar-refractivity contribution >= 4 is 5.97 Å². The van der Waals surface area contributed by atoms with Gasteiger partial charge in [0.25, 0.3) is 0 Å². The van der Waals surface area contributed by atoms with E-state index in [9.17, 15) is 4.79 Å². The Morgan fingerprint density at radius 2 is 2.20 bits per heavy atom. The number of hydrogen-bond donors (Lipinski definition) is 1. The fraction of sp³-hybridized carbons (Fsp3) is 0.429. The molecule has 0 atom stereocenters. The molecule has 0 aliphatic carbocycles. The molecule has 0 fully saturated rings. The molecule has 2 heterocycles. The molecule has 0 aliphatic rings. The van der Waals surface area contributed by atoms with Gasteiger partial charge in [-0.2, -0.15) is 4.98 Å². The molecule has 1 N–H and O–H groups in total. The average molecular weight is 275 g/mol. The molecule has 20 heavy (non-hydrogen) atoms. The Hall–Kier alpha value is -2.24. The van der Waals surface area contributed by atoms with E-state index in [1.165, 1.54) is 0 Å². The van der Waals surface area contributed by atoms with E-state index in [1.54, 1.807) is 6.20 Å². The number of hydrogen-bond acceptors (Lipinski definition) is 5. The third-order valence-corrected chi connectivity index (χ3v) is 2.84. The van der Waals surface area contributed by atoms with Gasteiger partial charge < -0.3 is 9.63 Å². The van der Waals surface area contributed by atoms with Crippen molar-refractivity contribution in [3.63, 3.8) is 0 Å². The van der Waals surface area contributed by atoms with E-state index in [4.69, 9.17) is 9.63 Å². The minimum atomic E-state index is -0.830. The molecule has 0 aromatic carbocycles. The molecule has 6 nitrogen and oxygen atoms in total. The third kappa shape index (κ3) is 4.15. The van der Waals surface area contributed by atoms with Crippen molar-refractivity contribution in [2.45, 2.75) is 33.1 Å². The summed E-state index contributed by atoms with van der Waals surface area (Å²) in [6.45, 7) is 3.73. The van der Waals surface area contributed by atoms with Crippen LogP contribution >= 0.6 is 0 Å². The molecular weight excluding hydrogens is 258 g/mol. The van der Waals surface area contributed by atoms with Gasteiger partial charge in [-0.1, -0.05) is 25.1 Å². The monoisotopic (exact) mass is 275 g/mol. The summed E-state index contributed by atoms with van der Waals surface area (Å²) in [5.41, 5.74) is 0.449. The van der Waals surface area contributed by atoms with Gasteiger partial charge in [0.2, 0.25) is 5.89 Å². The molecule has 2 aromatic heterocycles. The van der Waals surface area contributed by atoms with Crippen LogP contribution < -0.4 is 0 Å². The molecule has 6 heteroatoms. The lowest BCUT2D eigenvalue weighted by Crippen LogP contribution is -2.19. The molecule has 2 rings (SSSR count). The lowest BCUT2D eigenvalue weighted by atomic mass is 9.86. The van der Waals surface area contributed by atoms with Crippen molar-refractivity contribution in [3.05, 3.63) is 41.8 Å². The number of pyridine rings is 1. The molecule has 0 amide bonds. The first-order valence-corrected chi connectivity index (χ1v) is 6.38. The zero-order chi connectivity index (χ0) is 14.6. The summed E-state index contributed by atoms with van der Waals surface area (Å²) in [6, 6.07) is 5.64. The van der Waals surface area contributed by atoms with E-state index >= 15 is 0 Å². The van der Waals surface area contributed by atoms with Crippen LogP contribution in [0.25, 0.3) is 0 Å². The molecule has 0 bridgehead atoms. The van der Waals surface area contributed by atoms with Crippen molar-refractivity contribution in [1.29, 1.82) is 0 Å². The zero-order valence-electron chi connectivity index (χ0n) is 11.5. The van der Waals surface area contributed by atoms with Crippen molar-refractivity contribution in [1.82, 2.24) is 15.1 Å². The summed E-state index contributed by atoms with van der Waals surface area (Å²) in [5, 5.41) is 12.8. The SMILES string of the molecule is CC(C)(CC(=O)O)Cc1nc(Cc2ccccn2)no1. The topological polar surface area (TPSA) is 89.1 Å². The van der Waals surface area contributed by atoms with Crippen LogP contribution in [0.2, 0.25) is 0 Å². The zero-order valence-corrected chi connectivity index (χ0v) is 11.5. The lowest BCUT2D eigenvalue weighted by Gasteiger charge is -2.19. The van der Waals surface area contributed by atoms with Crippen LogP contribution in [0.3, 0.4) is 0 Å². The Balaban J connectivity index is 2.00. The first-order chi connectivity index (χ1) is 9.44. The molecule has 0 radical (unpaired) electrons. The Morgan fingerprint density at radius 1 is 1.40 bits per heavy atom. The molecule has 106 valence electrons. The van der Waals surface area contributed by atoms with Crippen LogP contribution in [0.15, 0.2) is 28.9 Å². The summed E-state index contributed by atoms with van der Waals surface area (Å²) in [4.78, 5) is 19.3. The van der Waals surface area contributed by atoms with E-state index < -0.39 is 11.4 Å². The van der Waals surface area contributed by atoms with Gasteiger partial charge in [-0.3, -0.25) is 9.78 Å². The summed E-state index contributed by atoms with van der Waals surface area (Å²) < 4.78 is 5.17. The van der Waals surface area contributed by atoms with Gasteiger partial charge in [0.05, 0.1) is 12.8 Å². The molecule has 0 aliphatic heterocycles. The van der Waals surface area contributed by atoms with Crippen molar-refractivity contribution in [2.75, 3.05) is 0 Å². The van der Waals surface area contributed by atoms with Gasteiger partial charge in [-0.15, -0.1) is 0 Å². The third-order valence-electron chi connectivity index (χ3n) is 2.84. The number of nitrogens with zero attached hydrogens (tertiary/aromatic N) is 3. The predicted molar refractivity (Wildman–Crippen MR) is 71.1 cm³/mol. The van der Waals surface area contributed by atoms with E-state index in [2.05, 4.69) is 15.1 Å². The highest BCUT2D eigenvalue weighted by molar-refractivity contribution is 5.67. The van der Waals surface area contributed by atoms with Crippen molar-refractivity contribution < 1.29 is 14.4 Å². The summed E-state index contributed by atoms with van der Waals surface area (Å²) in [6.07, 6.45) is 2.72. The minimum absolute atomic E-state index is 0.0605. The predicted octanol–water partition coefficient (Wildman–Crippen LogP) is 2.10. The number of aliphatic carboxylic acids is 1. The molecule has 0 unspecified atom stereocenters. The molecular formula is C14H17N3O3. The second-order valence-corrected chi connectivity index (χ2v) is 5.51. The number of carbonyl (C=O) groups is 1. The Bertz CT molecular complexity index is 578. The highest BCUT2D eigenvalue weighted by atomic mass is 16.5. The van der Waals surface area contributed by atoms with Crippen LogP contribution in [0.5, 0.6) is 0 Å². The maximum Gasteiger partial charge on any atom is 0.303 e. The first-order valence-electron chi connectivity index (χ1n) is 6.38. The maximum atomic E-state index is 10.8. The number of aromatic nitrogens is 3. The van der Waals surface area contributed by atoms with Gasteiger partial charge in [-0.25, -0.2) is 0 Å². The second-order valence-electron chi connectivity index (χ2n) is 5.51. The molecule has 2 aromatic rings. The normalized spacial score (nSPS) is 11.5. The molecule has 0 spiro atoms. The van der Waals surface area contributed by atoms with Crippen LogP contribution in [0.4, 0.5) is 0 Å². The van der Waals surface area contributed by atoms with Crippen LogP contribution in [-0.4, -0.2) is 26.2 Å². The summed E-state index contributed by atoms with van der Waals surface area (Å²) in [7, 11) is 0. The standard InChI is InChI=1S/C14H17N3O3/c1-14(2,9-13(18)19)8-12-16-11(17-20-12)7-10-5-3-4-6-15-10/h3-6H,7-9H2,1-2H3,(H,18,19). The molecule has 0 saturated carbocycles. The van der Waals surface area contributed by atoms with E-state index in [0.717, 1.165) is 5.69 Å². The Kier molecular flexibility index (Phi) is 4.12. The Labute approximate surface area is 116 Å². The van der Waals surface area contributed by atoms with Crippen molar-refractivity contribution in [3.8, 4) is 0 Å². The van der Waals surface area contributed by atoms with E-state index in [1.807, 2.05) is 32.0 Å². The number of carboxylic acids is 1. The van der Waals surface area contributed by atoms with Crippen LogP contribution in [-0.2, 0) is 17.6 Å². The van der Waals surface area contributed by atoms with Crippen molar-refractivity contribution in [2.24, 2.45) is 5.41 Å². The second kappa shape index (κ2) is 5.81. The average Bonchev–Trinajstić information content (AvgIpc) is 2.75.